The summed E-state index contributed by atoms with van der Waals surface area (Å²) in [6.07, 6.45) is 1.95. The van der Waals surface area contributed by atoms with E-state index in [0.29, 0.717) is 10.7 Å². The summed E-state index contributed by atoms with van der Waals surface area (Å²) >= 11 is 7.37. The molecule has 0 saturated carbocycles. The fraction of sp³-hybridized carbons (Fsp3) is 0.0769. The molecule has 2 aromatic rings. The molecule has 0 amide bonds. The van der Waals surface area contributed by atoms with Gasteiger partial charge in [0.25, 0.3) is 10.0 Å². The van der Waals surface area contributed by atoms with Gasteiger partial charge in [-0.2, -0.15) is 0 Å². The maximum atomic E-state index is 12.2. The number of benzene rings is 2. The molecule has 0 unspecified atom stereocenters. The molecule has 0 bridgehead atoms. The van der Waals surface area contributed by atoms with E-state index < -0.39 is 10.0 Å². The van der Waals surface area contributed by atoms with Gasteiger partial charge in [0.1, 0.15) is 0 Å². The van der Waals surface area contributed by atoms with Crippen molar-refractivity contribution < 1.29 is 8.42 Å². The summed E-state index contributed by atoms with van der Waals surface area (Å²) in [5, 5.41) is 0.327. The quantitative estimate of drug-likeness (QED) is 0.666. The van der Waals surface area contributed by atoms with E-state index >= 15 is 0 Å². The number of halogens is 1. The van der Waals surface area contributed by atoms with Crippen LogP contribution in [0.15, 0.2) is 52.3 Å². The lowest BCUT2D eigenvalue weighted by Crippen LogP contribution is -2.13. The van der Waals surface area contributed by atoms with Gasteiger partial charge in [-0.15, -0.1) is 11.8 Å². The van der Waals surface area contributed by atoms with Crippen LogP contribution in [-0.4, -0.2) is 14.7 Å². The zero-order valence-electron chi connectivity index (χ0n) is 10.6. The molecule has 7 heteroatoms. The molecular formula is C13H13ClN2O2S2. The summed E-state index contributed by atoms with van der Waals surface area (Å²) in [7, 11) is -3.67. The summed E-state index contributed by atoms with van der Waals surface area (Å²) in [4.78, 5) is 1.14. The minimum atomic E-state index is -3.67. The Labute approximate surface area is 127 Å². The largest absolute Gasteiger partial charge is 0.397 e. The van der Waals surface area contributed by atoms with Gasteiger partial charge in [0.2, 0.25) is 0 Å². The van der Waals surface area contributed by atoms with Crippen molar-refractivity contribution in [2.24, 2.45) is 0 Å². The van der Waals surface area contributed by atoms with Gasteiger partial charge in [-0.1, -0.05) is 11.6 Å². The van der Waals surface area contributed by atoms with Crippen LogP contribution in [0.2, 0.25) is 5.02 Å². The number of nitrogen functional groups attached to an aromatic ring is 1. The van der Waals surface area contributed by atoms with Gasteiger partial charge in [0, 0.05) is 10.6 Å². The molecule has 0 atom stereocenters. The van der Waals surface area contributed by atoms with Crippen molar-refractivity contribution >= 4 is 44.8 Å². The highest BCUT2D eigenvalue weighted by atomic mass is 35.5. The van der Waals surface area contributed by atoms with Crippen molar-refractivity contribution in [2.45, 2.75) is 9.79 Å². The van der Waals surface area contributed by atoms with Gasteiger partial charge >= 0.3 is 0 Å². The second kappa shape index (κ2) is 5.95. The molecule has 0 aliphatic carbocycles. The Morgan fingerprint density at radius 1 is 1.15 bits per heavy atom. The molecule has 2 aromatic carbocycles. The van der Waals surface area contributed by atoms with E-state index in [0.717, 1.165) is 4.90 Å². The molecule has 0 saturated heterocycles. The smallest absolute Gasteiger partial charge is 0.261 e. The van der Waals surface area contributed by atoms with Gasteiger partial charge in [-0.05, 0) is 48.7 Å². The first kappa shape index (κ1) is 15.0. The molecule has 0 aliphatic heterocycles. The number of nitrogens with one attached hydrogen (secondary N) is 1. The molecule has 3 N–H and O–H groups in total. The Balaban J connectivity index is 2.27. The monoisotopic (exact) mass is 328 g/mol. The fourth-order valence-corrected chi connectivity index (χ4v) is 3.18. The molecule has 20 heavy (non-hydrogen) atoms. The highest BCUT2D eigenvalue weighted by molar-refractivity contribution is 7.98. The first-order valence-corrected chi connectivity index (χ1v) is 8.73. The van der Waals surface area contributed by atoms with Crippen LogP contribution >= 0.6 is 23.4 Å². The third-order valence-electron chi connectivity index (χ3n) is 2.62. The van der Waals surface area contributed by atoms with Crippen molar-refractivity contribution in [1.82, 2.24) is 0 Å². The maximum Gasteiger partial charge on any atom is 0.261 e. The van der Waals surface area contributed by atoms with Crippen LogP contribution in [0.3, 0.4) is 0 Å². The molecule has 0 radical (unpaired) electrons. The normalized spacial score (nSPS) is 11.3. The lowest BCUT2D eigenvalue weighted by atomic mass is 10.3. The molecule has 0 heterocycles. The summed E-state index contributed by atoms with van der Waals surface area (Å²) < 4.78 is 26.9. The molecule has 4 nitrogen and oxygen atoms in total. The summed E-state index contributed by atoms with van der Waals surface area (Å²) in [6, 6.07) is 11.3. The van der Waals surface area contributed by atoms with Crippen LogP contribution in [-0.2, 0) is 10.0 Å². The van der Waals surface area contributed by atoms with E-state index in [1.807, 2.05) is 18.4 Å². The lowest BCUT2D eigenvalue weighted by molar-refractivity contribution is 0.601. The number of sulfonamides is 1. The summed E-state index contributed by atoms with van der Waals surface area (Å²) in [6.45, 7) is 0. The minimum absolute atomic E-state index is 0.0772. The number of anilines is 2. The Hall–Kier alpha value is -1.37. The predicted octanol–water partition coefficient (Wildman–Crippen LogP) is 3.44. The van der Waals surface area contributed by atoms with E-state index in [9.17, 15) is 8.42 Å². The van der Waals surface area contributed by atoms with Crippen LogP contribution in [0.25, 0.3) is 0 Å². The summed E-state index contributed by atoms with van der Waals surface area (Å²) in [5.74, 6) is 0. The zero-order chi connectivity index (χ0) is 14.8. The topological polar surface area (TPSA) is 72.2 Å². The van der Waals surface area contributed by atoms with E-state index in [1.54, 1.807) is 23.9 Å². The molecular weight excluding hydrogens is 316 g/mol. The van der Waals surface area contributed by atoms with Crippen molar-refractivity contribution in [1.29, 1.82) is 0 Å². The average Bonchev–Trinajstić information content (AvgIpc) is 2.42. The average molecular weight is 329 g/mol. The fourth-order valence-electron chi connectivity index (χ4n) is 1.56. The van der Waals surface area contributed by atoms with Crippen molar-refractivity contribution in [2.75, 3.05) is 16.7 Å². The lowest BCUT2D eigenvalue weighted by Gasteiger charge is -2.09. The third-order valence-corrected chi connectivity index (χ3v) is 5.09. The Kier molecular flexibility index (Phi) is 4.47. The van der Waals surface area contributed by atoms with Gasteiger partial charge in [0.05, 0.1) is 15.6 Å². The number of thioether (sulfide) groups is 1. The van der Waals surface area contributed by atoms with Crippen molar-refractivity contribution in [3.63, 3.8) is 0 Å². The number of nitrogens with two attached hydrogens (primary N) is 1. The number of rotatable bonds is 4. The Morgan fingerprint density at radius 3 is 2.35 bits per heavy atom. The highest BCUT2D eigenvalue weighted by Crippen LogP contribution is 2.24. The third kappa shape index (κ3) is 3.39. The van der Waals surface area contributed by atoms with Gasteiger partial charge in [-0.25, -0.2) is 8.42 Å². The maximum absolute atomic E-state index is 12.2. The van der Waals surface area contributed by atoms with Crippen LogP contribution in [0.5, 0.6) is 0 Å². The Bertz CT molecular complexity index is 716. The predicted molar refractivity (Wildman–Crippen MR) is 84.9 cm³/mol. The number of hydrogen-bond donors (Lipinski definition) is 2. The van der Waals surface area contributed by atoms with Crippen LogP contribution in [0.4, 0.5) is 11.4 Å². The van der Waals surface area contributed by atoms with Crippen LogP contribution in [0.1, 0.15) is 0 Å². The Morgan fingerprint density at radius 2 is 1.80 bits per heavy atom. The van der Waals surface area contributed by atoms with Gasteiger partial charge in [0.15, 0.2) is 0 Å². The van der Waals surface area contributed by atoms with Gasteiger partial charge < -0.3 is 5.73 Å². The number of hydrogen-bond acceptors (Lipinski definition) is 4. The summed E-state index contributed by atoms with van der Waals surface area (Å²) in [5.41, 5.74) is 6.35. The van der Waals surface area contributed by atoms with E-state index in [1.165, 1.54) is 18.2 Å². The molecule has 0 fully saturated rings. The molecule has 0 aliphatic rings. The molecule has 0 spiro atoms. The van der Waals surface area contributed by atoms with Crippen molar-refractivity contribution in [3.8, 4) is 0 Å². The SMILES string of the molecule is CSc1ccc(NS(=O)(=O)c2ccc(Cl)c(N)c2)cc1. The van der Waals surface area contributed by atoms with Crippen molar-refractivity contribution in [3.05, 3.63) is 47.5 Å². The van der Waals surface area contributed by atoms with Gasteiger partial charge in [-0.3, -0.25) is 4.72 Å². The molecule has 106 valence electrons. The molecule has 2 rings (SSSR count). The highest BCUT2D eigenvalue weighted by Gasteiger charge is 2.15. The van der Waals surface area contributed by atoms with E-state index in [2.05, 4.69) is 4.72 Å². The van der Waals surface area contributed by atoms with E-state index in [4.69, 9.17) is 17.3 Å². The first-order valence-electron chi connectivity index (χ1n) is 5.64. The van der Waals surface area contributed by atoms with Crippen LogP contribution in [0, 0.1) is 0 Å². The molecule has 0 aromatic heterocycles. The zero-order valence-corrected chi connectivity index (χ0v) is 13.0. The first-order chi connectivity index (χ1) is 9.42. The minimum Gasteiger partial charge on any atom is -0.397 e. The standard InChI is InChI=1S/C13H13ClN2O2S2/c1-19-10-4-2-9(3-5-10)16-20(17,18)11-6-7-12(14)13(15)8-11/h2-8,16H,15H2,1H3. The second-order valence-electron chi connectivity index (χ2n) is 4.02. The van der Waals surface area contributed by atoms with E-state index in [-0.39, 0.29) is 10.6 Å². The second-order valence-corrected chi connectivity index (χ2v) is 6.99. The van der Waals surface area contributed by atoms with Crippen LogP contribution < -0.4 is 10.5 Å².